The summed E-state index contributed by atoms with van der Waals surface area (Å²) in [5, 5.41) is 3.82. The zero-order valence-corrected chi connectivity index (χ0v) is 20.9. The molecule has 35 heavy (non-hydrogen) atoms. The largest absolute Gasteiger partial charge is 0.303 e. The van der Waals surface area contributed by atoms with Gasteiger partial charge < -0.3 is 5.32 Å². The van der Waals surface area contributed by atoms with Crippen LogP contribution in [0.4, 0.5) is 4.39 Å². The first kappa shape index (κ1) is 24.2. The van der Waals surface area contributed by atoms with Gasteiger partial charge in [-0.25, -0.2) is 4.39 Å². The molecule has 0 bridgehead atoms. The van der Waals surface area contributed by atoms with Gasteiger partial charge in [-0.3, -0.25) is 4.90 Å². The fourth-order valence-corrected chi connectivity index (χ4v) is 6.21. The average molecular weight is 471 g/mol. The van der Waals surface area contributed by atoms with E-state index in [2.05, 4.69) is 64.8 Å². The lowest BCUT2D eigenvalue weighted by atomic mass is 9.76. The third-order valence-electron chi connectivity index (χ3n) is 8.20. The van der Waals surface area contributed by atoms with Gasteiger partial charge in [-0.2, -0.15) is 0 Å². The molecule has 1 heterocycles. The van der Waals surface area contributed by atoms with E-state index in [9.17, 15) is 4.39 Å². The summed E-state index contributed by atoms with van der Waals surface area (Å²) in [5.41, 5.74) is 4.76. The molecule has 2 fully saturated rings. The summed E-state index contributed by atoms with van der Waals surface area (Å²) in [6.45, 7) is 4.23. The molecular weight excluding hydrogens is 431 g/mol. The molecule has 1 N–H and O–H groups in total. The van der Waals surface area contributed by atoms with Gasteiger partial charge in [0, 0.05) is 24.2 Å². The lowest BCUT2D eigenvalue weighted by molar-refractivity contribution is 0.177. The van der Waals surface area contributed by atoms with E-state index in [0.29, 0.717) is 0 Å². The fraction of sp³-hybridized carbons (Fsp3) is 0.438. The van der Waals surface area contributed by atoms with Gasteiger partial charge in [0.15, 0.2) is 0 Å². The van der Waals surface area contributed by atoms with Gasteiger partial charge in [-0.15, -0.1) is 0 Å². The molecule has 5 rings (SSSR count). The van der Waals surface area contributed by atoms with Crippen molar-refractivity contribution >= 4 is 0 Å². The topological polar surface area (TPSA) is 15.3 Å². The lowest BCUT2D eigenvalue weighted by Crippen LogP contribution is -2.44. The molecule has 1 saturated heterocycles. The Kier molecular flexibility index (Phi) is 7.95. The first-order chi connectivity index (χ1) is 17.2. The van der Waals surface area contributed by atoms with Crippen molar-refractivity contribution in [1.82, 2.24) is 10.2 Å². The van der Waals surface area contributed by atoms with Crippen LogP contribution in [0, 0.1) is 11.7 Å². The van der Waals surface area contributed by atoms with E-state index in [4.69, 9.17) is 0 Å². The third kappa shape index (κ3) is 6.20. The summed E-state index contributed by atoms with van der Waals surface area (Å²) in [4.78, 5) is 2.60. The van der Waals surface area contributed by atoms with Crippen molar-refractivity contribution in [2.45, 2.75) is 70.0 Å². The van der Waals surface area contributed by atoms with E-state index in [0.717, 1.165) is 56.7 Å². The van der Waals surface area contributed by atoms with Gasteiger partial charge in [0.1, 0.15) is 5.82 Å². The molecule has 2 nitrogen and oxygen atoms in total. The van der Waals surface area contributed by atoms with Crippen LogP contribution in [0.3, 0.4) is 0 Å². The molecule has 2 aliphatic rings. The lowest BCUT2D eigenvalue weighted by Gasteiger charge is -2.39. The summed E-state index contributed by atoms with van der Waals surface area (Å²) in [6.07, 6.45) is 9.28. The second-order valence-electron chi connectivity index (χ2n) is 10.7. The first-order valence-corrected chi connectivity index (χ1v) is 13.5. The second-order valence-corrected chi connectivity index (χ2v) is 10.7. The zero-order valence-electron chi connectivity index (χ0n) is 20.9. The van der Waals surface area contributed by atoms with Crippen LogP contribution >= 0.6 is 0 Å². The van der Waals surface area contributed by atoms with Crippen LogP contribution in [0.5, 0.6) is 0 Å². The van der Waals surface area contributed by atoms with Crippen molar-refractivity contribution in [3.05, 3.63) is 107 Å². The smallest absolute Gasteiger partial charge is 0.128 e. The normalized spacial score (nSPS) is 19.0. The van der Waals surface area contributed by atoms with E-state index in [1.54, 1.807) is 12.1 Å². The maximum absolute atomic E-state index is 14.8. The van der Waals surface area contributed by atoms with Crippen LogP contribution in [-0.2, 0) is 25.0 Å². The summed E-state index contributed by atoms with van der Waals surface area (Å²) < 4.78 is 14.8. The number of likely N-dealkylation sites (tertiary alicyclic amines) is 1. The number of nitrogens with zero attached hydrogens (tertiary/aromatic N) is 1. The quantitative estimate of drug-likeness (QED) is 0.374. The van der Waals surface area contributed by atoms with Gasteiger partial charge in [-0.1, -0.05) is 92.1 Å². The third-order valence-corrected chi connectivity index (χ3v) is 8.20. The molecular formula is C32H39FN2. The number of rotatable bonds is 8. The predicted octanol–water partition coefficient (Wildman–Crippen LogP) is 7.23. The molecule has 184 valence electrons. The maximum Gasteiger partial charge on any atom is 0.128 e. The summed E-state index contributed by atoms with van der Waals surface area (Å²) in [7, 11) is 0. The van der Waals surface area contributed by atoms with Gasteiger partial charge >= 0.3 is 0 Å². The van der Waals surface area contributed by atoms with Crippen LogP contribution in [0.15, 0.2) is 78.9 Å². The van der Waals surface area contributed by atoms with E-state index in [-0.39, 0.29) is 11.4 Å². The molecule has 1 saturated carbocycles. The number of nitrogens with one attached hydrogen (secondary N) is 1. The minimum atomic E-state index is -0.245. The fourth-order valence-electron chi connectivity index (χ4n) is 6.21. The van der Waals surface area contributed by atoms with Crippen LogP contribution < -0.4 is 5.32 Å². The van der Waals surface area contributed by atoms with Crippen molar-refractivity contribution in [2.75, 3.05) is 13.1 Å². The molecule has 0 amide bonds. The number of benzene rings is 3. The van der Waals surface area contributed by atoms with Crippen molar-refractivity contribution in [3.63, 3.8) is 0 Å². The van der Waals surface area contributed by atoms with Crippen LogP contribution in [0.2, 0.25) is 0 Å². The molecule has 0 spiro atoms. The van der Waals surface area contributed by atoms with Crippen molar-refractivity contribution in [3.8, 4) is 0 Å². The van der Waals surface area contributed by atoms with Gasteiger partial charge in [0.05, 0.1) is 0 Å². The average Bonchev–Trinajstić information content (AvgIpc) is 2.90. The van der Waals surface area contributed by atoms with Gasteiger partial charge in [-0.05, 0) is 73.9 Å². The minimum absolute atomic E-state index is 0.0748. The molecule has 3 aromatic rings. The molecule has 3 heteroatoms. The monoisotopic (exact) mass is 470 g/mol. The Morgan fingerprint density at radius 1 is 0.771 bits per heavy atom. The number of halogens is 1. The summed E-state index contributed by atoms with van der Waals surface area (Å²) in [5.74, 6) is 0.683. The molecule has 0 unspecified atom stereocenters. The highest BCUT2D eigenvalue weighted by atomic mass is 19.1. The molecule has 0 radical (unpaired) electrons. The van der Waals surface area contributed by atoms with Gasteiger partial charge in [0.2, 0.25) is 0 Å². The predicted molar refractivity (Wildman–Crippen MR) is 143 cm³/mol. The SMILES string of the molecule is Fc1ccccc1C1(NCc2cccc(CC3CCN(Cc4ccccc4)CC3)c2)CCCCC1. The van der Waals surface area contributed by atoms with E-state index in [1.165, 1.54) is 49.0 Å². The van der Waals surface area contributed by atoms with Crippen LogP contribution in [0.25, 0.3) is 0 Å². The number of piperidine rings is 1. The standard InChI is InChI=1S/C32H39FN2/c33-31-15-6-5-14-30(31)32(18-7-2-8-19-32)34-24-29-13-9-12-28(23-29)22-26-16-20-35(21-17-26)25-27-10-3-1-4-11-27/h1,3-6,9-15,23,26,34H,2,7-8,16-22,24-25H2. The first-order valence-electron chi connectivity index (χ1n) is 13.5. The maximum atomic E-state index is 14.8. The Balaban J connectivity index is 1.18. The molecule has 0 aromatic heterocycles. The highest BCUT2D eigenvalue weighted by Crippen LogP contribution is 2.38. The van der Waals surface area contributed by atoms with Crippen LogP contribution in [0.1, 0.15) is 67.2 Å². The molecule has 3 aromatic carbocycles. The molecule has 1 aliphatic carbocycles. The molecule has 1 aliphatic heterocycles. The summed E-state index contributed by atoms with van der Waals surface area (Å²) >= 11 is 0. The van der Waals surface area contributed by atoms with Crippen molar-refractivity contribution < 1.29 is 4.39 Å². The van der Waals surface area contributed by atoms with E-state index in [1.807, 2.05) is 12.1 Å². The Bertz CT molecular complexity index is 1070. The van der Waals surface area contributed by atoms with E-state index < -0.39 is 0 Å². The Labute approximate surface area is 210 Å². The summed E-state index contributed by atoms with van der Waals surface area (Å²) in [6, 6.07) is 27.3. The van der Waals surface area contributed by atoms with Gasteiger partial charge in [0.25, 0.3) is 0 Å². The minimum Gasteiger partial charge on any atom is -0.303 e. The van der Waals surface area contributed by atoms with Crippen molar-refractivity contribution in [2.24, 2.45) is 5.92 Å². The highest BCUT2D eigenvalue weighted by molar-refractivity contribution is 5.29. The Hall–Kier alpha value is -2.49. The second kappa shape index (κ2) is 11.5. The Morgan fingerprint density at radius 3 is 2.23 bits per heavy atom. The Morgan fingerprint density at radius 2 is 1.46 bits per heavy atom. The van der Waals surface area contributed by atoms with E-state index >= 15 is 0 Å². The van der Waals surface area contributed by atoms with Crippen LogP contribution in [-0.4, -0.2) is 18.0 Å². The number of hydrogen-bond donors (Lipinski definition) is 1. The van der Waals surface area contributed by atoms with Crippen molar-refractivity contribution in [1.29, 1.82) is 0 Å². The molecule has 0 atom stereocenters. The zero-order chi connectivity index (χ0) is 23.9. The highest BCUT2D eigenvalue weighted by Gasteiger charge is 2.35. The number of hydrogen-bond acceptors (Lipinski definition) is 2.